The Morgan fingerprint density at radius 2 is 0.700 bits per heavy atom. The van der Waals surface area contributed by atoms with E-state index in [-0.39, 0.29) is 5.41 Å². The van der Waals surface area contributed by atoms with Crippen molar-refractivity contribution < 1.29 is 0 Å². The minimum Gasteiger partial charge on any atom is -0.308 e. The van der Waals surface area contributed by atoms with Gasteiger partial charge in [-0.2, -0.15) is 15.0 Å². The van der Waals surface area contributed by atoms with Crippen molar-refractivity contribution >= 4 is 65.4 Å². The fraction of sp³-hybridized carbons (Fsp3) is 0.0556. The molecule has 6 nitrogen and oxygen atoms in total. The van der Waals surface area contributed by atoms with Gasteiger partial charge in [-0.3, -0.25) is 9.13 Å². The summed E-state index contributed by atoms with van der Waals surface area (Å²) in [7, 11) is 0. The molecule has 0 amide bonds. The number of fused-ring (bicyclic) bond motifs is 12. The van der Waals surface area contributed by atoms with Crippen molar-refractivity contribution in [1.29, 1.82) is 0 Å². The first kappa shape index (κ1) is 33.2. The van der Waals surface area contributed by atoms with E-state index < -0.39 is 0 Å². The van der Waals surface area contributed by atoms with Crippen LogP contribution in [0.1, 0.15) is 25.0 Å². The lowest BCUT2D eigenvalue weighted by Gasteiger charge is -2.23. The van der Waals surface area contributed by atoms with Crippen molar-refractivity contribution in [1.82, 2.24) is 28.7 Å². The molecule has 1 aliphatic carbocycles. The van der Waals surface area contributed by atoms with Crippen LogP contribution in [-0.4, -0.2) is 28.7 Å². The van der Waals surface area contributed by atoms with Crippen molar-refractivity contribution in [3.8, 4) is 40.1 Å². The molecule has 4 heterocycles. The molecule has 0 atom stereocenters. The molecule has 0 unspecified atom stereocenters. The summed E-state index contributed by atoms with van der Waals surface area (Å²) in [5.74, 6) is 1.72. The SMILES string of the molecule is CC1(C)c2ccccc2-c2cc(-n3c4ccccc4c4ccccc43)c(-c3nc(-n4c5ccccc5c5ccccc54)nc(-n4c5ccccc5c5ccccc54)n3)cc21. The third-order valence-electron chi connectivity index (χ3n) is 12.9. The van der Waals surface area contributed by atoms with Crippen LogP contribution in [0.3, 0.4) is 0 Å². The molecular weight excluding hydrogens is 733 g/mol. The summed E-state index contributed by atoms with van der Waals surface area (Å²) >= 11 is 0. The van der Waals surface area contributed by atoms with Crippen molar-refractivity contribution in [2.24, 2.45) is 0 Å². The summed E-state index contributed by atoms with van der Waals surface area (Å²) in [5.41, 5.74) is 13.2. The Hall–Kier alpha value is -7.83. The van der Waals surface area contributed by atoms with Gasteiger partial charge in [-0.1, -0.05) is 147 Å². The molecule has 6 heteroatoms. The summed E-state index contributed by atoms with van der Waals surface area (Å²) in [6.07, 6.45) is 0. The highest BCUT2D eigenvalue weighted by molar-refractivity contribution is 6.11. The van der Waals surface area contributed by atoms with E-state index in [4.69, 9.17) is 15.0 Å². The molecule has 13 rings (SSSR count). The van der Waals surface area contributed by atoms with Gasteiger partial charge in [-0.25, -0.2) is 0 Å². The van der Waals surface area contributed by atoms with E-state index in [9.17, 15) is 0 Å². The largest absolute Gasteiger partial charge is 0.308 e. The minimum absolute atomic E-state index is 0.252. The molecule has 0 saturated carbocycles. The van der Waals surface area contributed by atoms with E-state index in [0.29, 0.717) is 17.7 Å². The third kappa shape index (κ3) is 4.45. The lowest BCUT2D eigenvalue weighted by atomic mass is 9.82. The summed E-state index contributed by atoms with van der Waals surface area (Å²) in [4.78, 5) is 16.6. The van der Waals surface area contributed by atoms with Gasteiger partial charge >= 0.3 is 0 Å². The molecule has 0 spiro atoms. The van der Waals surface area contributed by atoms with E-state index in [1.165, 1.54) is 33.0 Å². The van der Waals surface area contributed by atoms with Gasteiger partial charge in [0.05, 0.1) is 38.8 Å². The van der Waals surface area contributed by atoms with Crippen LogP contribution < -0.4 is 0 Å². The zero-order valence-electron chi connectivity index (χ0n) is 33.0. The second-order valence-electron chi connectivity index (χ2n) is 16.5. The normalized spacial score (nSPS) is 13.3. The zero-order valence-corrected chi connectivity index (χ0v) is 33.0. The number of hydrogen-bond donors (Lipinski definition) is 0. The number of para-hydroxylation sites is 6. The van der Waals surface area contributed by atoms with Crippen LogP contribution in [0.2, 0.25) is 0 Å². The fourth-order valence-electron chi connectivity index (χ4n) is 10.2. The van der Waals surface area contributed by atoms with Gasteiger partial charge < -0.3 is 4.57 Å². The number of hydrogen-bond acceptors (Lipinski definition) is 3. The van der Waals surface area contributed by atoms with E-state index in [1.54, 1.807) is 0 Å². The summed E-state index contributed by atoms with van der Waals surface area (Å²) < 4.78 is 6.83. The lowest BCUT2D eigenvalue weighted by molar-refractivity contribution is 0.660. The molecule has 0 aliphatic heterocycles. The van der Waals surface area contributed by atoms with Crippen LogP contribution in [0.5, 0.6) is 0 Å². The summed E-state index contributed by atoms with van der Waals surface area (Å²) in [5, 5.41) is 7.00. The van der Waals surface area contributed by atoms with E-state index in [2.05, 4.69) is 210 Å². The predicted molar refractivity (Wildman–Crippen MR) is 246 cm³/mol. The van der Waals surface area contributed by atoms with Crippen LogP contribution in [0, 0.1) is 0 Å². The molecule has 0 bridgehead atoms. The van der Waals surface area contributed by atoms with Crippen molar-refractivity contribution in [3.05, 3.63) is 193 Å². The summed E-state index contributed by atoms with van der Waals surface area (Å²) in [6, 6.07) is 65.2. The van der Waals surface area contributed by atoms with Gasteiger partial charge in [-0.05, 0) is 70.8 Å². The summed E-state index contributed by atoms with van der Waals surface area (Å²) in [6.45, 7) is 4.67. The van der Waals surface area contributed by atoms with Crippen LogP contribution in [0.4, 0.5) is 0 Å². The highest BCUT2D eigenvalue weighted by atomic mass is 15.3. The maximum Gasteiger partial charge on any atom is 0.240 e. The Labute approximate surface area is 345 Å². The average molecular weight is 769 g/mol. The molecule has 0 radical (unpaired) electrons. The van der Waals surface area contributed by atoms with Crippen molar-refractivity contribution in [3.63, 3.8) is 0 Å². The van der Waals surface area contributed by atoms with Gasteiger partial charge in [-0.15, -0.1) is 0 Å². The first-order valence-electron chi connectivity index (χ1n) is 20.6. The Bertz CT molecular complexity index is 3470. The second kappa shape index (κ2) is 12.1. The first-order valence-corrected chi connectivity index (χ1v) is 20.6. The van der Waals surface area contributed by atoms with Crippen LogP contribution in [0.15, 0.2) is 182 Å². The number of aromatic nitrogens is 6. The van der Waals surface area contributed by atoms with Gasteiger partial charge in [0.1, 0.15) is 0 Å². The smallest absolute Gasteiger partial charge is 0.240 e. The molecule has 0 N–H and O–H groups in total. The lowest BCUT2D eigenvalue weighted by Crippen LogP contribution is -2.16. The molecular formula is C54H36N6. The second-order valence-corrected chi connectivity index (χ2v) is 16.5. The van der Waals surface area contributed by atoms with E-state index in [1.807, 2.05) is 0 Å². The Morgan fingerprint density at radius 3 is 1.13 bits per heavy atom. The highest BCUT2D eigenvalue weighted by Gasteiger charge is 2.37. The third-order valence-corrected chi connectivity index (χ3v) is 12.9. The van der Waals surface area contributed by atoms with Crippen LogP contribution >= 0.6 is 0 Å². The number of benzene rings is 8. The molecule has 8 aromatic carbocycles. The quantitative estimate of drug-likeness (QED) is 0.179. The van der Waals surface area contributed by atoms with Gasteiger partial charge in [0, 0.05) is 43.3 Å². The predicted octanol–water partition coefficient (Wildman–Crippen LogP) is 13.1. The van der Waals surface area contributed by atoms with Gasteiger partial charge in [0.25, 0.3) is 0 Å². The highest BCUT2D eigenvalue weighted by Crippen LogP contribution is 2.51. The Balaban J connectivity index is 1.20. The minimum atomic E-state index is -0.252. The topological polar surface area (TPSA) is 53.5 Å². The first-order chi connectivity index (χ1) is 29.5. The fourth-order valence-corrected chi connectivity index (χ4v) is 10.2. The number of nitrogens with zero attached hydrogens (tertiary/aromatic N) is 6. The van der Waals surface area contributed by atoms with E-state index in [0.717, 1.165) is 65.9 Å². The molecule has 282 valence electrons. The monoisotopic (exact) mass is 768 g/mol. The molecule has 60 heavy (non-hydrogen) atoms. The number of rotatable bonds is 4. The van der Waals surface area contributed by atoms with Crippen LogP contribution in [-0.2, 0) is 5.41 Å². The standard InChI is InChI=1S/C54H36N6/c1-54(2)42-24-10-3-17-33(42)40-32-50(58-44-25-11-4-18-34(44)35-19-5-12-26-45(35)58)41(31-43(40)54)51-55-52(59-46-27-13-6-20-36(46)37-21-7-14-28-47(37)59)57-53(56-51)60-48-29-15-8-22-38(48)39-23-9-16-30-49(39)60/h3-32H,1-2H3. The van der Waals surface area contributed by atoms with Gasteiger partial charge in [0.2, 0.25) is 11.9 Å². The van der Waals surface area contributed by atoms with Crippen molar-refractivity contribution in [2.45, 2.75) is 19.3 Å². The maximum atomic E-state index is 5.58. The van der Waals surface area contributed by atoms with E-state index >= 15 is 0 Å². The zero-order chi connectivity index (χ0) is 39.7. The average Bonchev–Trinajstić information content (AvgIpc) is 3.99. The molecule has 0 saturated heterocycles. The molecule has 4 aromatic heterocycles. The maximum absolute atomic E-state index is 5.58. The molecule has 0 fully saturated rings. The Kier molecular flexibility index (Phi) is 6.69. The van der Waals surface area contributed by atoms with Gasteiger partial charge in [0.15, 0.2) is 5.82 Å². The van der Waals surface area contributed by atoms with Crippen molar-refractivity contribution in [2.75, 3.05) is 0 Å². The Morgan fingerprint density at radius 1 is 0.333 bits per heavy atom. The molecule has 12 aromatic rings. The van der Waals surface area contributed by atoms with Crippen LogP contribution in [0.25, 0.3) is 106 Å². The molecule has 1 aliphatic rings.